The van der Waals surface area contributed by atoms with Gasteiger partial charge in [0.1, 0.15) is 11.5 Å². The second kappa shape index (κ2) is 10.2. The van der Waals surface area contributed by atoms with Gasteiger partial charge in [0, 0.05) is 39.4 Å². The molecule has 0 saturated heterocycles. The number of carbonyl (C=O) groups excluding carboxylic acids is 1. The van der Waals surface area contributed by atoms with Crippen LogP contribution in [0.3, 0.4) is 0 Å². The Bertz CT molecular complexity index is 1020. The second-order valence-electron chi connectivity index (χ2n) is 7.04. The zero-order chi connectivity index (χ0) is 22.4. The summed E-state index contributed by atoms with van der Waals surface area (Å²) in [6, 6.07) is 13.5. The quantitative estimate of drug-likeness (QED) is 0.465. The van der Waals surface area contributed by atoms with E-state index >= 15 is 0 Å². The molecular formula is C22H26N4O4S. The van der Waals surface area contributed by atoms with E-state index in [4.69, 9.17) is 13.9 Å². The second-order valence-corrected chi connectivity index (χ2v) is 7.97. The van der Waals surface area contributed by atoms with Gasteiger partial charge in [-0.1, -0.05) is 23.9 Å². The molecule has 3 aromatic rings. The molecular weight excluding hydrogens is 416 g/mol. The van der Waals surface area contributed by atoms with Crippen molar-refractivity contribution in [3.8, 4) is 23.0 Å². The van der Waals surface area contributed by atoms with E-state index < -0.39 is 0 Å². The van der Waals surface area contributed by atoms with Crippen LogP contribution in [0.5, 0.6) is 11.5 Å². The normalized spacial score (nSPS) is 10.6. The molecule has 0 atom stereocenters. The van der Waals surface area contributed by atoms with Crippen molar-refractivity contribution >= 4 is 23.4 Å². The summed E-state index contributed by atoms with van der Waals surface area (Å²) in [4.78, 5) is 16.2. The standard InChI is InChI=1S/C22H26N4O4S/c1-25(2)16-8-6-15(7-9-16)13-26(3)20(27)14-31-22-24-23-21(30-22)18-11-10-17(28-4)12-19(18)29-5/h6-12H,13-14H2,1-5H3. The van der Waals surface area contributed by atoms with Crippen LogP contribution in [0.1, 0.15) is 5.56 Å². The average molecular weight is 443 g/mol. The lowest BCUT2D eigenvalue weighted by molar-refractivity contribution is -0.127. The molecule has 9 heteroatoms. The molecule has 1 aromatic heterocycles. The molecule has 2 aromatic carbocycles. The minimum atomic E-state index is -0.0246. The molecule has 0 aliphatic rings. The van der Waals surface area contributed by atoms with Gasteiger partial charge in [-0.05, 0) is 29.8 Å². The molecule has 3 rings (SSSR count). The van der Waals surface area contributed by atoms with Crippen molar-refractivity contribution in [2.75, 3.05) is 46.0 Å². The Morgan fingerprint density at radius 3 is 2.42 bits per heavy atom. The minimum Gasteiger partial charge on any atom is -0.497 e. The molecule has 0 radical (unpaired) electrons. The maximum Gasteiger partial charge on any atom is 0.277 e. The van der Waals surface area contributed by atoms with Crippen LogP contribution >= 0.6 is 11.8 Å². The maximum absolute atomic E-state index is 12.5. The number of aromatic nitrogens is 2. The van der Waals surface area contributed by atoms with E-state index in [2.05, 4.69) is 10.2 Å². The summed E-state index contributed by atoms with van der Waals surface area (Å²) in [5.74, 6) is 1.73. The number of amides is 1. The largest absolute Gasteiger partial charge is 0.497 e. The van der Waals surface area contributed by atoms with Crippen molar-refractivity contribution < 1.29 is 18.7 Å². The summed E-state index contributed by atoms with van der Waals surface area (Å²) < 4.78 is 16.3. The number of carbonyl (C=O) groups is 1. The van der Waals surface area contributed by atoms with E-state index in [0.29, 0.717) is 34.7 Å². The van der Waals surface area contributed by atoms with Gasteiger partial charge in [0.2, 0.25) is 5.91 Å². The van der Waals surface area contributed by atoms with Crippen LogP contribution in [-0.4, -0.2) is 62.1 Å². The number of ether oxygens (including phenoxy) is 2. The van der Waals surface area contributed by atoms with Crippen LogP contribution in [0.15, 0.2) is 52.1 Å². The van der Waals surface area contributed by atoms with Gasteiger partial charge in [-0.15, -0.1) is 10.2 Å². The number of hydrogen-bond donors (Lipinski definition) is 0. The molecule has 0 spiro atoms. The number of anilines is 1. The highest BCUT2D eigenvalue weighted by Crippen LogP contribution is 2.33. The molecule has 0 aliphatic carbocycles. The highest BCUT2D eigenvalue weighted by Gasteiger charge is 2.17. The molecule has 0 unspecified atom stereocenters. The number of methoxy groups -OCH3 is 2. The molecule has 1 heterocycles. The Kier molecular flexibility index (Phi) is 7.41. The average Bonchev–Trinajstić information content (AvgIpc) is 3.26. The predicted octanol–water partition coefficient (Wildman–Crippen LogP) is 3.57. The number of benzene rings is 2. The summed E-state index contributed by atoms with van der Waals surface area (Å²) in [5.41, 5.74) is 2.85. The van der Waals surface area contributed by atoms with E-state index in [-0.39, 0.29) is 11.7 Å². The smallest absolute Gasteiger partial charge is 0.277 e. The topological polar surface area (TPSA) is 80.9 Å². The third-order valence-corrected chi connectivity index (χ3v) is 5.47. The molecule has 0 fully saturated rings. The van der Waals surface area contributed by atoms with Gasteiger partial charge in [0.05, 0.1) is 25.5 Å². The zero-order valence-corrected chi connectivity index (χ0v) is 19.1. The summed E-state index contributed by atoms with van der Waals surface area (Å²) in [5, 5.41) is 8.44. The minimum absolute atomic E-state index is 0.0246. The Hall–Kier alpha value is -3.20. The lowest BCUT2D eigenvalue weighted by Gasteiger charge is -2.18. The van der Waals surface area contributed by atoms with Crippen LogP contribution in [0, 0.1) is 0 Å². The SMILES string of the molecule is COc1ccc(-c2nnc(SCC(=O)N(C)Cc3ccc(N(C)C)cc3)o2)c(OC)c1. The molecule has 31 heavy (non-hydrogen) atoms. The number of rotatable bonds is 9. The van der Waals surface area contributed by atoms with Crippen LogP contribution < -0.4 is 14.4 Å². The van der Waals surface area contributed by atoms with Crippen molar-refractivity contribution in [2.45, 2.75) is 11.8 Å². The predicted molar refractivity (Wildman–Crippen MR) is 121 cm³/mol. The highest BCUT2D eigenvalue weighted by atomic mass is 32.2. The van der Waals surface area contributed by atoms with Crippen LogP contribution in [0.25, 0.3) is 11.5 Å². The first-order valence-corrected chi connectivity index (χ1v) is 10.6. The van der Waals surface area contributed by atoms with E-state index in [9.17, 15) is 4.79 Å². The molecule has 8 nitrogen and oxygen atoms in total. The van der Waals surface area contributed by atoms with E-state index in [0.717, 1.165) is 11.3 Å². The first-order chi connectivity index (χ1) is 14.9. The van der Waals surface area contributed by atoms with Crippen molar-refractivity contribution in [3.05, 3.63) is 48.0 Å². The van der Waals surface area contributed by atoms with Gasteiger partial charge in [0.15, 0.2) is 0 Å². The van der Waals surface area contributed by atoms with Gasteiger partial charge in [0.25, 0.3) is 11.1 Å². The lowest BCUT2D eigenvalue weighted by atomic mass is 10.2. The van der Waals surface area contributed by atoms with E-state index in [1.807, 2.05) is 43.3 Å². The first-order valence-electron chi connectivity index (χ1n) is 9.60. The summed E-state index contributed by atoms with van der Waals surface area (Å²) in [6.07, 6.45) is 0. The number of thioether (sulfide) groups is 1. The molecule has 0 saturated carbocycles. The monoisotopic (exact) mass is 442 g/mol. The number of nitrogens with zero attached hydrogens (tertiary/aromatic N) is 4. The molecule has 0 aliphatic heterocycles. The molecule has 0 N–H and O–H groups in total. The fourth-order valence-corrected chi connectivity index (χ4v) is 3.55. The van der Waals surface area contributed by atoms with Gasteiger partial charge >= 0.3 is 0 Å². The zero-order valence-electron chi connectivity index (χ0n) is 18.3. The Balaban J connectivity index is 1.58. The Morgan fingerprint density at radius 2 is 1.77 bits per heavy atom. The van der Waals surface area contributed by atoms with Crippen LogP contribution in [-0.2, 0) is 11.3 Å². The van der Waals surface area contributed by atoms with E-state index in [1.165, 1.54) is 11.8 Å². The third kappa shape index (κ3) is 5.69. The Morgan fingerprint density at radius 1 is 1.03 bits per heavy atom. The summed E-state index contributed by atoms with van der Waals surface area (Å²) in [6.45, 7) is 0.533. The third-order valence-electron chi connectivity index (χ3n) is 4.66. The van der Waals surface area contributed by atoms with Crippen LogP contribution in [0.2, 0.25) is 0 Å². The molecule has 164 valence electrons. The van der Waals surface area contributed by atoms with Gasteiger partial charge < -0.3 is 23.7 Å². The fourth-order valence-electron chi connectivity index (χ4n) is 2.85. The van der Waals surface area contributed by atoms with Crippen molar-refractivity contribution in [3.63, 3.8) is 0 Å². The van der Waals surface area contributed by atoms with Crippen LogP contribution in [0.4, 0.5) is 5.69 Å². The number of hydrogen-bond acceptors (Lipinski definition) is 8. The summed E-state index contributed by atoms with van der Waals surface area (Å²) >= 11 is 1.21. The van der Waals surface area contributed by atoms with Gasteiger partial charge in [-0.2, -0.15) is 0 Å². The molecule has 0 bridgehead atoms. The van der Waals surface area contributed by atoms with Gasteiger partial charge in [-0.25, -0.2) is 0 Å². The van der Waals surface area contributed by atoms with Gasteiger partial charge in [-0.3, -0.25) is 4.79 Å². The van der Waals surface area contributed by atoms with Crippen molar-refractivity contribution in [1.29, 1.82) is 0 Å². The van der Waals surface area contributed by atoms with Crippen molar-refractivity contribution in [1.82, 2.24) is 15.1 Å². The Labute approximate surface area is 186 Å². The molecule has 1 amide bonds. The highest BCUT2D eigenvalue weighted by molar-refractivity contribution is 7.99. The lowest BCUT2D eigenvalue weighted by Crippen LogP contribution is -2.27. The van der Waals surface area contributed by atoms with E-state index in [1.54, 1.807) is 44.4 Å². The fraction of sp³-hybridized carbons (Fsp3) is 0.318. The van der Waals surface area contributed by atoms with Crippen molar-refractivity contribution in [2.24, 2.45) is 0 Å². The first kappa shape index (κ1) is 22.5. The maximum atomic E-state index is 12.5. The summed E-state index contributed by atoms with van der Waals surface area (Å²) in [7, 11) is 8.92.